The molecule has 0 saturated carbocycles. The quantitative estimate of drug-likeness (QED) is 0.906. The van der Waals surface area contributed by atoms with E-state index in [1.807, 2.05) is 24.3 Å². The Morgan fingerprint density at radius 2 is 2.44 bits per heavy atom. The summed E-state index contributed by atoms with van der Waals surface area (Å²) >= 11 is 3.35. The number of carbonyl (C=O) groups is 1. The maximum atomic E-state index is 11.6. The molecule has 1 aromatic rings. The molecule has 1 N–H and O–H groups in total. The molecule has 1 aromatic carbocycles. The van der Waals surface area contributed by atoms with Gasteiger partial charge in [-0.3, -0.25) is 4.79 Å². The summed E-state index contributed by atoms with van der Waals surface area (Å²) in [7, 11) is 0. The van der Waals surface area contributed by atoms with Gasteiger partial charge in [0.25, 0.3) is 5.91 Å². The molecule has 1 aliphatic heterocycles. The number of hydrogen-bond donors (Lipinski definition) is 1. The van der Waals surface area contributed by atoms with E-state index in [0.717, 1.165) is 23.9 Å². The number of hydrogen-bond acceptors (Lipinski definition) is 3. The van der Waals surface area contributed by atoms with E-state index in [1.54, 1.807) is 0 Å². The molecular formula is C13H16BrNO3. The summed E-state index contributed by atoms with van der Waals surface area (Å²) in [5, 5.41) is 2.81. The number of amides is 1. The van der Waals surface area contributed by atoms with Crippen LogP contribution in [0.2, 0.25) is 0 Å². The second kappa shape index (κ2) is 6.75. The van der Waals surface area contributed by atoms with Crippen molar-refractivity contribution in [3.05, 3.63) is 28.7 Å². The first-order valence-electron chi connectivity index (χ1n) is 6.01. The molecule has 4 nitrogen and oxygen atoms in total. The number of nitrogens with one attached hydrogen (secondary N) is 1. The Bertz CT molecular complexity index is 405. The van der Waals surface area contributed by atoms with Gasteiger partial charge in [-0.15, -0.1) is 0 Å². The molecule has 98 valence electrons. The smallest absolute Gasteiger partial charge is 0.258 e. The van der Waals surface area contributed by atoms with Crippen LogP contribution < -0.4 is 10.1 Å². The average Bonchev–Trinajstić information content (AvgIpc) is 2.87. The van der Waals surface area contributed by atoms with Crippen LogP contribution in [0.15, 0.2) is 28.7 Å². The van der Waals surface area contributed by atoms with Crippen molar-refractivity contribution in [1.29, 1.82) is 0 Å². The van der Waals surface area contributed by atoms with Crippen molar-refractivity contribution in [3.63, 3.8) is 0 Å². The van der Waals surface area contributed by atoms with Crippen LogP contribution in [0.3, 0.4) is 0 Å². The zero-order valence-electron chi connectivity index (χ0n) is 10.0. The molecule has 0 aliphatic carbocycles. The van der Waals surface area contributed by atoms with Gasteiger partial charge in [-0.05, 0) is 31.0 Å². The lowest BCUT2D eigenvalue weighted by Gasteiger charge is -2.11. The zero-order valence-corrected chi connectivity index (χ0v) is 11.6. The summed E-state index contributed by atoms with van der Waals surface area (Å²) in [5.41, 5.74) is 0. The van der Waals surface area contributed by atoms with E-state index < -0.39 is 0 Å². The largest absolute Gasteiger partial charge is 0.484 e. The van der Waals surface area contributed by atoms with Crippen molar-refractivity contribution >= 4 is 21.8 Å². The fourth-order valence-electron chi connectivity index (χ4n) is 1.79. The molecule has 0 aromatic heterocycles. The third-order valence-corrected chi connectivity index (χ3v) is 3.21. The zero-order chi connectivity index (χ0) is 12.8. The summed E-state index contributed by atoms with van der Waals surface area (Å²) < 4.78 is 11.7. The van der Waals surface area contributed by atoms with Gasteiger partial charge in [-0.1, -0.05) is 22.0 Å². The number of halogens is 1. The molecule has 1 heterocycles. The highest BCUT2D eigenvalue weighted by Crippen LogP contribution is 2.17. The summed E-state index contributed by atoms with van der Waals surface area (Å²) in [6.45, 7) is 1.40. The van der Waals surface area contributed by atoms with Gasteiger partial charge in [0.05, 0.1) is 6.10 Å². The van der Waals surface area contributed by atoms with Gasteiger partial charge < -0.3 is 14.8 Å². The SMILES string of the molecule is O=C(COc1cccc(Br)c1)NC[C@H]1CCCO1. The average molecular weight is 314 g/mol. The maximum absolute atomic E-state index is 11.6. The van der Waals surface area contributed by atoms with Crippen LogP contribution in [0.4, 0.5) is 0 Å². The van der Waals surface area contributed by atoms with Crippen LogP contribution in [-0.2, 0) is 9.53 Å². The molecule has 1 atom stereocenters. The molecule has 1 fully saturated rings. The predicted molar refractivity (Wildman–Crippen MR) is 71.6 cm³/mol. The summed E-state index contributed by atoms with van der Waals surface area (Å²) in [5.74, 6) is 0.558. The second-order valence-corrected chi connectivity index (χ2v) is 5.10. The van der Waals surface area contributed by atoms with Crippen LogP contribution >= 0.6 is 15.9 Å². The Labute approximate surface area is 115 Å². The highest BCUT2D eigenvalue weighted by atomic mass is 79.9. The van der Waals surface area contributed by atoms with E-state index in [-0.39, 0.29) is 18.6 Å². The first-order chi connectivity index (χ1) is 8.74. The molecular weight excluding hydrogens is 298 g/mol. The van der Waals surface area contributed by atoms with Crippen molar-refractivity contribution < 1.29 is 14.3 Å². The van der Waals surface area contributed by atoms with Gasteiger partial charge >= 0.3 is 0 Å². The van der Waals surface area contributed by atoms with E-state index in [1.165, 1.54) is 0 Å². The molecule has 5 heteroatoms. The first-order valence-corrected chi connectivity index (χ1v) is 6.80. The first kappa shape index (κ1) is 13.4. The third-order valence-electron chi connectivity index (χ3n) is 2.72. The highest BCUT2D eigenvalue weighted by Gasteiger charge is 2.16. The minimum Gasteiger partial charge on any atom is -0.484 e. The molecule has 0 spiro atoms. The number of rotatable bonds is 5. The normalized spacial score (nSPS) is 18.6. The topological polar surface area (TPSA) is 47.6 Å². The van der Waals surface area contributed by atoms with E-state index in [9.17, 15) is 4.79 Å². The lowest BCUT2D eigenvalue weighted by Crippen LogP contribution is -2.35. The Balaban J connectivity index is 1.68. The van der Waals surface area contributed by atoms with Crippen LogP contribution in [0.1, 0.15) is 12.8 Å². The minimum atomic E-state index is -0.120. The molecule has 1 amide bonds. The van der Waals surface area contributed by atoms with E-state index in [2.05, 4.69) is 21.2 Å². The van der Waals surface area contributed by atoms with Gasteiger partial charge in [0.15, 0.2) is 6.61 Å². The second-order valence-electron chi connectivity index (χ2n) is 4.19. The standard InChI is InChI=1S/C13H16BrNO3/c14-10-3-1-4-11(7-10)18-9-13(16)15-8-12-5-2-6-17-12/h1,3-4,7,12H,2,5-6,8-9H2,(H,15,16)/t12-/m1/s1. The van der Waals surface area contributed by atoms with Gasteiger partial charge in [-0.25, -0.2) is 0 Å². The molecule has 1 aliphatic rings. The molecule has 18 heavy (non-hydrogen) atoms. The molecule has 1 saturated heterocycles. The van der Waals surface area contributed by atoms with Gasteiger partial charge in [0.2, 0.25) is 0 Å². The van der Waals surface area contributed by atoms with Crippen LogP contribution in [0, 0.1) is 0 Å². The van der Waals surface area contributed by atoms with Gasteiger partial charge in [-0.2, -0.15) is 0 Å². The Kier molecular flexibility index (Phi) is 5.01. The summed E-state index contributed by atoms with van der Waals surface area (Å²) in [6.07, 6.45) is 2.27. The van der Waals surface area contributed by atoms with Gasteiger partial charge in [0.1, 0.15) is 5.75 Å². The molecule has 0 unspecified atom stereocenters. The predicted octanol–water partition coefficient (Wildman–Crippen LogP) is 2.12. The maximum Gasteiger partial charge on any atom is 0.258 e. The van der Waals surface area contributed by atoms with Gasteiger partial charge in [0, 0.05) is 17.6 Å². The van der Waals surface area contributed by atoms with E-state index >= 15 is 0 Å². The minimum absolute atomic E-state index is 0.0309. The lowest BCUT2D eigenvalue weighted by molar-refractivity contribution is -0.123. The van der Waals surface area contributed by atoms with Crippen molar-refractivity contribution in [1.82, 2.24) is 5.32 Å². The fourth-order valence-corrected chi connectivity index (χ4v) is 2.17. The monoisotopic (exact) mass is 313 g/mol. The van der Waals surface area contributed by atoms with E-state index in [4.69, 9.17) is 9.47 Å². The van der Waals surface area contributed by atoms with Crippen LogP contribution in [0.5, 0.6) is 5.75 Å². The summed E-state index contributed by atoms with van der Waals surface area (Å²) in [4.78, 5) is 11.6. The third kappa shape index (κ3) is 4.31. The Morgan fingerprint density at radius 1 is 1.56 bits per heavy atom. The number of carbonyl (C=O) groups excluding carboxylic acids is 1. The van der Waals surface area contributed by atoms with Crippen molar-refractivity contribution in [2.45, 2.75) is 18.9 Å². The number of ether oxygens (including phenoxy) is 2. The van der Waals surface area contributed by atoms with Crippen molar-refractivity contribution in [2.75, 3.05) is 19.8 Å². The van der Waals surface area contributed by atoms with Crippen LogP contribution in [0.25, 0.3) is 0 Å². The molecule has 2 rings (SSSR count). The lowest BCUT2D eigenvalue weighted by atomic mass is 10.2. The van der Waals surface area contributed by atoms with E-state index in [0.29, 0.717) is 12.3 Å². The molecule has 0 bridgehead atoms. The van der Waals surface area contributed by atoms with Crippen molar-refractivity contribution in [3.8, 4) is 5.75 Å². The summed E-state index contributed by atoms with van der Waals surface area (Å²) in [6, 6.07) is 7.42. The Hall–Kier alpha value is -1.07. The molecule has 0 radical (unpaired) electrons. The van der Waals surface area contributed by atoms with Crippen LogP contribution in [-0.4, -0.2) is 31.8 Å². The van der Waals surface area contributed by atoms with Crippen molar-refractivity contribution in [2.24, 2.45) is 0 Å². The highest BCUT2D eigenvalue weighted by molar-refractivity contribution is 9.10. The number of benzene rings is 1. The Morgan fingerprint density at radius 3 is 3.17 bits per heavy atom. The fraction of sp³-hybridized carbons (Fsp3) is 0.462.